The molecule has 1 aliphatic heterocycles. The monoisotopic (exact) mass is 314 g/mol. The Hall–Kier alpha value is -1.35. The van der Waals surface area contributed by atoms with Gasteiger partial charge in [-0.05, 0) is 37.7 Å². The minimum absolute atomic E-state index is 0.213. The number of carbonyl (C=O) groups excluding carboxylic acids is 1. The summed E-state index contributed by atoms with van der Waals surface area (Å²) in [6, 6.07) is 11.5. The fourth-order valence-electron chi connectivity index (χ4n) is 4.06. The van der Waals surface area contributed by atoms with Crippen molar-refractivity contribution < 1.29 is 4.79 Å². The number of aryl methyl sites for hydroxylation is 1. The van der Waals surface area contributed by atoms with Crippen LogP contribution in [0.2, 0.25) is 0 Å². The van der Waals surface area contributed by atoms with Crippen molar-refractivity contribution in [1.82, 2.24) is 10.2 Å². The molecule has 0 radical (unpaired) electrons. The quantitative estimate of drug-likeness (QED) is 0.901. The molecule has 1 aromatic carbocycles. The van der Waals surface area contributed by atoms with Crippen LogP contribution in [-0.4, -0.2) is 36.0 Å². The SMILES string of the molecule is O=C(CCc1ccccc1)NC1CCN(C2CCCCC2)CC1. The number of amides is 1. The standard InChI is InChI=1S/C20H30N2O/c23-20(12-11-17-7-3-1-4-8-17)21-18-13-15-22(16-14-18)19-9-5-2-6-10-19/h1,3-4,7-8,18-19H,2,5-6,9-16H2,(H,21,23). The molecule has 0 unspecified atom stereocenters. The average Bonchev–Trinajstić information content (AvgIpc) is 2.62. The van der Waals surface area contributed by atoms with Crippen LogP contribution in [0.4, 0.5) is 0 Å². The van der Waals surface area contributed by atoms with E-state index in [1.165, 1.54) is 37.7 Å². The minimum Gasteiger partial charge on any atom is -0.353 e. The van der Waals surface area contributed by atoms with Crippen LogP contribution in [0.3, 0.4) is 0 Å². The number of carbonyl (C=O) groups is 1. The molecule has 3 nitrogen and oxygen atoms in total. The maximum Gasteiger partial charge on any atom is 0.220 e. The summed E-state index contributed by atoms with van der Waals surface area (Å²) in [7, 11) is 0. The van der Waals surface area contributed by atoms with Gasteiger partial charge in [0.05, 0.1) is 0 Å². The lowest BCUT2D eigenvalue weighted by Gasteiger charge is -2.39. The highest BCUT2D eigenvalue weighted by Gasteiger charge is 2.26. The van der Waals surface area contributed by atoms with Gasteiger partial charge in [-0.3, -0.25) is 4.79 Å². The molecular formula is C20H30N2O. The third-order valence-corrected chi connectivity index (χ3v) is 5.47. The maximum absolute atomic E-state index is 12.1. The minimum atomic E-state index is 0.213. The normalized spacial score (nSPS) is 21.2. The van der Waals surface area contributed by atoms with E-state index in [0.29, 0.717) is 12.5 Å². The van der Waals surface area contributed by atoms with Crippen molar-refractivity contribution in [2.24, 2.45) is 0 Å². The van der Waals surface area contributed by atoms with E-state index >= 15 is 0 Å². The third-order valence-electron chi connectivity index (χ3n) is 5.47. The summed E-state index contributed by atoms with van der Waals surface area (Å²) in [5.74, 6) is 0.213. The lowest BCUT2D eigenvalue weighted by molar-refractivity contribution is -0.122. The van der Waals surface area contributed by atoms with Crippen molar-refractivity contribution in [2.45, 2.75) is 69.9 Å². The molecule has 0 spiro atoms. The lowest BCUT2D eigenvalue weighted by atomic mass is 9.92. The Labute approximate surface area is 140 Å². The van der Waals surface area contributed by atoms with Crippen LogP contribution in [0, 0.1) is 0 Å². The molecule has 1 aromatic rings. The van der Waals surface area contributed by atoms with E-state index in [0.717, 1.165) is 38.4 Å². The second-order valence-corrected chi connectivity index (χ2v) is 7.16. The lowest BCUT2D eigenvalue weighted by Crippen LogP contribution is -2.48. The molecule has 0 atom stereocenters. The smallest absolute Gasteiger partial charge is 0.220 e. The second-order valence-electron chi connectivity index (χ2n) is 7.16. The van der Waals surface area contributed by atoms with Crippen molar-refractivity contribution in [2.75, 3.05) is 13.1 Å². The van der Waals surface area contributed by atoms with Gasteiger partial charge in [-0.2, -0.15) is 0 Å². The maximum atomic E-state index is 12.1. The number of nitrogens with one attached hydrogen (secondary N) is 1. The number of benzene rings is 1. The number of hydrogen-bond acceptors (Lipinski definition) is 2. The van der Waals surface area contributed by atoms with E-state index in [9.17, 15) is 4.79 Å². The Morgan fingerprint density at radius 3 is 2.39 bits per heavy atom. The van der Waals surface area contributed by atoms with Crippen molar-refractivity contribution in [1.29, 1.82) is 0 Å². The summed E-state index contributed by atoms with van der Waals surface area (Å²) in [6.45, 7) is 2.32. The molecule has 1 heterocycles. The van der Waals surface area contributed by atoms with E-state index in [-0.39, 0.29) is 5.91 Å². The van der Waals surface area contributed by atoms with Crippen LogP contribution in [-0.2, 0) is 11.2 Å². The summed E-state index contributed by atoms with van der Waals surface area (Å²) in [5, 5.41) is 3.25. The highest BCUT2D eigenvalue weighted by atomic mass is 16.1. The number of likely N-dealkylation sites (tertiary alicyclic amines) is 1. The molecular weight excluding hydrogens is 284 g/mol. The zero-order valence-electron chi connectivity index (χ0n) is 14.2. The first-order valence-corrected chi connectivity index (χ1v) is 9.38. The van der Waals surface area contributed by atoms with Crippen LogP contribution >= 0.6 is 0 Å². The van der Waals surface area contributed by atoms with Gasteiger partial charge in [-0.1, -0.05) is 49.6 Å². The average molecular weight is 314 g/mol. The first-order valence-electron chi connectivity index (χ1n) is 9.38. The predicted molar refractivity (Wildman–Crippen MR) is 94.4 cm³/mol. The molecule has 1 saturated carbocycles. The topological polar surface area (TPSA) is 32.3 Å². The van der Waals surface area contributed by atoms with Crippen molar-refractivity contribution >= 4 is 5.91 Å². The molecule has 1 saturated heterocycles. The van der Waals surface area contributed by atoms with Gasteiger partial charge in [0.15, 0.2) is 0 Å². The molecule has 1 N–H and O–H groups in total. The zero-order valence-corrected chi connectivity index (χ0v) is 14.2. The first-order chi connectivity index (χ1) is 11.3. The molecule has 1 amide bonds. The largest absolute Gasteiger partial charge is 0.353 e. The van der Waals surface area contributed by atoms with Gasteiger partial charge in [0.2, 0.25) is 5.91 Å². The molecule has 0 bridgehead atoms. The number of hydrogen-bond donors (Lipinski definition) is 1. The third kappa shape index (κ3) is 5.07. The number of piperidine rings is 1. The molecule has 2 fully saturated rings. The number of rotatable bonds is 5. The molecule has 1 aliphatic carbocycles. The van der Waals surface area contributed by atoms with Crippen molar-refractivity contribution in [3.63, 3.8) is 0 Å². The van der Waals surface area contributed by atoms with Gasteiger partial charge in [0.25, 0.3) is 0 Å². The highest BCUT2D eigenvalue weighted by molar-refractivity contribution is 5.76. The highest BCUT2D eigenvalue weighted by Crippen LogP contribution is 2.25. The van der Waals surface area contributed by atoms with Gasteiger partial charge in [-0.15, -0.1) is 0 Å². The molecule has 3 rings (SSSR count). The fraction of sp³-hybridized carbons (Fsp3) is 0.650. The summed E-state index contributed by atoms with van der Waals surface area (Å²) in [6.07, 6.45) is 10.7. The van der Waals surface area contributed by atoms with Crippen molar-refractivity contribution in [3.8, 4) is 0 Å². The van der Waals surface area contributed by atoms with Gasteiger partial charge in [0, 0.05) is 31.6 Å². The molecule has 3 heteroatoms. The second kappa shape index (κ2) is 8.49. The Morgan fingerprint density at radius 1 is 1.00 bits per heavy atom. The first kappa shape index (κ1) is 16.5. The van der Waals surface area contributed by atoms with Gasteiger partial charge < -0.3 is 10.2 Å². The van der Waals surface area contributed by atoms with Crippen LogP contribution in [0.1, 0.15) is 56.9 Å². The summed E-state index contributed by atoms with van der Waals surface area (Å²) in [5.41, 5.74) is 1.25. The van der Waals surface area contributed by atoms with E-state index in [2.05, 4.69) is 22.3 Å². The van der Waals surface area contributed by atoms with E-state index < -0.39 is 0 Å². The number of nitrogens with zero attached hydrogens (tertiary/aromatic N) is 1. The summed E-state index contributed by atoms with van der Waals surface area (Å²) >= 11 is 0. The van der Waals surface area contributed by atoms with Crippen LogP contribution in [0.25, 0.3) is 0 Å². The van der Waals surface area contributed by atoms with Crippen LogP contribution in [0.5, 0.6) is 0 Å². The fourth-order valence-corrected chi connectivity index (χ4v) is 4.06. The summed E-state index contributed by atoms with van der Waals surface area (Å²) in [4.78, 5) is 14.8. The van der Waals surface area contributed by atoms with Crippen molar-refractivity contribution in [3.05, 3.63) is 35.9 Å². The van der Waals surface area contributed by atoms with E-state index in [4.69, 9.17) is 0 Å². The van der Waals surface area contributed by atoms with Gasteiger partial charge in [-0.25, -0.2) is 0 Å². The molecule has 126 valence electrons. The predicted octanol–water partition coefficient (Wildman–Crippen LogP) is 3.53. The Bertz CT molecular complexity index is 474. The van der Waals surface area contributed by atoms with E-state index in [1.54, 1.807) is 0 Å². The van der Waals surface area contributed by atoms with Gasteiger partial charge >= 0.3 is 0 Å². The van der Waals surface area contributed by atoms with E-state index in [1.807, 2.05) is 18.2 Å². The Morgan fingerprint density at radius 2 is 1.70 bits per heavy atom. The molecule has 23 heavy (non-hydrogen) atoms. The van der Waals surface area contributed by atoms with Gasteiger partial charge in [0.1, 0.15) is 0 Å². The molecule has 2 aliphatic rings. The summed E-state index contributed by atoms with van der Waals surface area (Å²) < 4.78 is 0. The Balaban J connectivity index is 1.35. The zero-order chi connectivity index (χ0) is 15.9. The van der Waals surface area contributed by atoms with Crippen LogP contribution < -0.4 is 5.32 Å². The van der Waals surface area contributed by atoms with Crippen LogP contribution in [0.15, 0.2) is 30.3 Å². The Kier molecular flexibility index (Phi) is 6.09. The molecule has 0 aromatic heterocycles.